The largest absolute Gasteiger partial charge is 0.0581 e. The average molecular weight is 645 g/mol. The van der Waals surface area contributed by atoms with Crippen LogP contribution in [0.25, 0.3) is 0 Å². The van der Waals surface area contributed by atoms with Crippen molar-refractivity contribution in [2.45, 2.75) is 229 Å². The molecule has 0 radical (unpaired) electrons. The Balaban J connectivity index is 3.42. The van der Waals surface area contributed by atoms with Crippen LogP contribution in [0.4, 0.5) is 0 Å². The van der Waals surface area contributed by atoms with Crippen LogP contribution in [0.5, 0.6) is 0 Å². The van der Waals surface area contributed by atoms with Crippen LogP contribution < -0.4 is 0 Å². The minimum atomic E-state index is -0.00916. The van der Waals surface area contributed by atoms with Gasteiger partial charge in [-0.25, -0.2) is 0 Å². The molecule has 0 heterocycles. The predicted molar refractivity (Wildman–Crippen MR) is 215 cm³/mol. The molecule has 0 saturated heterocycles. The van der Waals surface area contributed by atoms with Gasteiger partial charge in [0.1, 0.15) is 0 Å². The summed E-state index contributed by atoms with van der Waals surface area (Å²) >= 11 is 0. The summed E-state index contributed by atoms with van der Waals surface area (Å²) in [5.74, 6) is 0.357. The lowest BCUT2D eigenvalue weighted by atomic mass is 9.58. The van der Waals surface area contributed by atoms with Gasteiger partial charge in [-0.1, -0.05) is 185 Å². The first-order valence-electron chi connectivity index (χ1n) is 18.8. The number of rotatable bonds is 3. The van der Waals surface area contributed by atoms with Crippen LogP contribution in [0.3, 0.4) is 0 Å². The normalized spacial score (nSPS) is 15.3. The molecule has 1 atom stereocenters. The monoisotopic (exact) mass is 645 g/mol. The Bertz CT molecular complexity index is 1380. The molecule has 2 aromatic rings. The first kappa shape index (κ1) is 41.6. The Hall–Kier alpha value is -1.56. The van der Waals surface area contributed by atoms with Gasteiger partial charge < -0.3 is 0 Å². The van der Waals surface area contributed by atoms with Crippen LogP contribution in [-0.4, -0.2) is 0 Å². The molecule has 0 bridgehead atoms. The van der Waals surface area contributed by atoms with Crippen molar-refractivity contribution in [3.63, 3.8) is 0 Å². The van der Waals surface area contributed by atoms with Crippen LogP contribution >= 0.6 is 0 Å². The maximum atomic E-state index is 2.60. The Morgan fingerprint density at radius 2 is 0.660 bits per heavy atom. The lowest BCUT2D eigenvalue weighted by Crippen LogP contribution is -2.37. The minimum Gasteiger partial charge on any atom is -0.0581 e. The van der Waals surface area contributed by atoms with E-state index in [1.165, 1.54) is 11.1 Å². The van der Waals surface area contributed by atoms with E-state index in [4.69, 9.17) is 0 Å². The molecule has 0 aliphatic rings. The van der Waals surface area contributed by atoms with Crippen molar-refractivity contribution in [3.05, 3.63) is 67.8 Å². The van der Waals surface area contributed by atoms with Gasteiger partial charge in [-0.05, 0) is 111 Å². The van der Waals surface area contributed by atoms with E-state index in [0.29, 0.717) is 5.92 Å². The molecule has 268 valence electrons. The maximum Gasteiger partial charge on any atom is -0.0126 e. The molecule has 0 saturated carbocycles. The van der Waals surface area contributed by atoms with Crippen LogP contribution in [-0.2, 0) is 49.7 Å². The molecule has 0 nitrogen and oxygen atoms in total. The Kier molecular flexibility index (Phi) is 10.9. The molecule has 0 fully saturated rings. The lowest BCUT2D eigenvalue weighted by Gasteiger charge is -2.46. The van der Waals surface area contributed by atoms with Gasteiger partial charge in [0.25, 0.3) is 0 Å². The van der Waals surface area contributed by atoms with E-state index in [2.05, 4.69) is 185 Å². The lowest BCUT2D eigenvalue weighted by molar-refractivity contribution is 0.451. The minimum absolute atomic E-state index is 0.00174. The summed E-state index contributed by atoms with van der Waals surface area (Å²) < 4.78 is 0. The van der Waals surface area contributed by atoms with Crippen molar-refractivity contribution >= 4 is 0 Å². The van der Waals surface area contributed by atoms with Crippen LogP contribution in [0.2, 0.25) is 0 Å². The zero-order valence-corrected chi connectivity index (χ0v) is 36.4. The molecule has 0 aliphatic heterocycles. The molecule has 47 heavy (non-hydrogen) atoms. The Labute approximate surface area is 295 Å². The fourth-order valence-corrected chi connectivity index (χ4v) is 8.24. The van der Waals surface area contributed by atoms with Gasteiger partial charge in [-0.15, -0.1) is 0 Å². The quantitative estimate of drug-likeness (QED) is 0.312. The molecular formula is C47H80. The number of hydrogen-bond donors (Lipinski definition) is 0. The van der Waals surface area contributed by atoms with Gasteiger partial charge in [0.05, 0.1) is 0 Å². The zero-order chi connectivity index (χ0) is 37.5. The molecule has 0 aromatic heterocycles. The van der Waals surface area contributed by atoms with Gasteiger partial charge in [0.2, 0.25) is 0 Å². The van der Waals surface area contributed by atoms with Crippen molar-refractivity contribution < 1.29 is 0 Å². The standard InChI is InChI=1S/C47H80/c1-29(31-27-30(40(2,3)4)28-33(41(5,6)7)34(31)42(8,9)10)26-32-35(43(11,12)13)37(45(17,18)19)39(47(23,24)25)38(46(20,21)22)36(32)44(14,15)16/h27-29H,26H2,1-25H3. The first-order valence-corrected chi connectivity index (χ1v) is 18.8. The van der Waals surface area contributed by atoms with Crippen molar-refractivity contribution in [2.75, 3.05) is 0 Å². The highest BCUT2D eigenvalue weighted by Gasteiger charge is 2.43. The van der Waals surface area contributed by atoms with Gasteiger partial charge in [-0.3, -0.25) is 0 Å². The third-order valence-electron chi connectivity index (χ3n) is 9.99. The van der Waals surface area contributed by atoms with Crippen LogP contribution in [0, 0.1) is 0 Å². The van der Waals surface area contributed by atoms with E-state index >= 15 is 0 Å². The highest BCUT2D eigenvalue weighted by Crippen LogP contribution is 2.53. The molecule has 2 rings (SSSR count). The molecule has 2 aromatic carbocycles. The van der Waals surface area contributed by atoms with Gasteiger partial charge in [0, 0.05) is 0 Å². The van der Waals surface area contributed by atoms with Crippen molar-refractivity contribution in [1.29, 1.82) is 0 Å². The predicted octanol–water partition coefficient (Wildman–Crippen LogP) is 14.4. The highest BCUT2D eigenvalue weighted by molar-refractivity contribution is 5.63. The topological polar surface area (TPSA) is 0 Å². The third-order valence-corrected chi connectivity index (χ3v) is 9.99. The van der Waals surface area contributed by atoms with Gasteiger partial charge in [-0.2, -0.15) is 0 Å². The maximum absolute atomic E-state index is 2.60. The first-order chi connectivity index (χ1) is 20.3. The zero-order valence-electron chi connectivity index (χ0n) is 36.4. The second-order valence-electron chi connectivity index (χ2n) is 23.4. The van der Waals surface area contributed by atoms with Crippen LogP contribution in [0.15, 0.2) is 12.1 Å². The van der Waals surface area contributed by atoms with Crippen molar-refractivity contribution in [1.82, 2.24) is 0 Å². The summed E-state index contributed by atoms with van der Waals surface area (Å²) in [6.07, 6.45) is 1.04. The summed E-state index contributed by atoms with van der Waals surface area (Å²) in [6, 6.07) is 5.15. The van der Waals surface area contributed by atoms with Gasteiger partial charge >= 0.3 is 0 Å². The van der Waals surface area contributed by atoms with E-state index in [9.17, 15) is 0 Å². The summed E-state index contributed by atoms with van der Waals surface area (Å²) in [7, 11) is 0. The molecule has 0 amide bonds. The molecule has 0 aliphatic carbocycles. The fourth-order valence-electron chi connectivity index (χ4n) is 8.24. The van der Waals surface area contributed by atoms with E-state index < -0.39 is 0 Å². The van der Waals surface area contributed by atoms with Gasteiger partial charge in [0.15, 0.2) is 0 Å². The average Bonchev–Trinajstić information content (AvgIpc) is 2.76. The summed E-state index contributed by atoms with van der Waals surface area (Å²) in [6.45, 7) is 61.2. The fraction of sp³-hybridized carbons (Fsp3) is 0.745. The molecule has 0 N–H and O–H groups in total. The Morgan fingerprint density at radius 3 is 0.915 bits per heavy atom. The molecule has 1 unspecified atom stereocenters. The molecular weight excluding hydrogens is 565 g/mol. The smallest absolute Gasteiger partial charge is 0.0126 e. The van der Waals surface area contributed by atoms with E-state index in [1.807, 2.05) is 0 Å². The van der Waals surface area contributed by atoms with E-state index in [0.717, 1.165) is 6.42 Å². The number of hydrogen-bond acceptors (Lipinski definition) is 0. The molecule has 0 heteroatoms. The van der Waals surface area contributed by atoms with E-state index in [1.54, 1.807) is 44.5 Å². The Morgan fingerprint density at radius 1 is 0.362 bits per heavy atom. The second kappa shape index (κ2) is 12.3. The van der Waals surface area contributed by atoms with Crippen molar-refractivity contribution in [3.8, 4) is 0 Å². The second-order valence-corrected chi connectivity index (χ2v) is 23.4. The summed E-state index contributed by atoms with van der Waals surface area (Å²) in [5.41, 5.74) is 15.8. The van der Waals surface area contributed by atoms with Crippen molar-refractivity contribution in [2.24, 2.45) is 0 Å². The summed E-state index contributed by atoms with van der Waals surface area (Å²) in [4.78, 5) is 0. The summed E-state index contributed by atoms with van der Waals surface area (Å²) in [5, 5.41) is 0. The molecule has 0 spiro atoms. The third kappa shape index (κ3) is 8.97. The highest BCUT2D eigenvalue weighted by atomic mass is 14.5. The SMILES string of the molecule is CC(Cc1c(C(C)(C)C)c(C(C)(C)C)c(C(C)(C)C)c(C(C)(C)C)c1C(C)(C)C)c1cc(C(C)(C)C)cc(C(C)(C)C)c1C(C)(C)C. The van der Waals surface area contributed by atoms with E-state index in [-0.39, 0.29) is 43.3 Å². The number of benzene rings is 2. The van der Waals surface area contributed by atoms with Crippen LogP contribution in [0.1, 0.15) is 235 Å².